The van der Waals surface area contributed by atoms with Crippen LogP contribution < -0.4 is 10.5 Å². The van der Waals surface area contributed by atoms with Crippen LogP contribution in [0.1, 0.15) is 63.0 Å². The second kappa shape index (κ2) is 9.07. The average molecular weight is 376 g/mol. The van der Waals surface area contributed by atoms with Crippen molar-refractivity contribution in [2.45, 2.75) is 76.9 Å². The van der Waals surface area contributed by atoms with Gasteiger partial charge in [0.05, 0.1) is 12.2 Å². The van der Waals surface area contributed by atoms with Crippen molar-refractivity contribution < 1.29 is 19.7 Å². The van der Waals surface area contributed by atoms with Crippen molar-refractivity contribution >= 4 is 6.09 Å². The number of rotatable bonds is 8. The maximum Gasteiger partial charge on any atom is 0.409 e. The van der Waals surface area contributed by atoms with E-state index >= 15 is 0 Å². The van der Waals surface area contributed by atoms with Crippen LogP contribution in [0, 0.1) is 17.8 Å². The minimum atomic E-state index is -0.785. The number of unbranched alkanes of at least 4 members (excludes halogenated alkanes) is 2. The fourth-order valence-electron chi connectivity index (χ4n) is 5.17. The summed E-state index contributed by atoms with van der Waals surface area (Å²) in [4.78, 5) is 11.2. The molecule has 4 N–H and O–H groups in total. The number of aliphatic hydroxyl groups is 2. The highest BCUT2D eigenvalue weighted by molar-refractivity contribution is 5.69. The lowest BCUT2D eigenvalue weighted by molar-refractivity contribution is 0.0869. The summed E-state index contributed by atoms with van der Waals surface area (Å²) in [5.41, 5.74) is 7.45. The van der Waals surface area contributed by atoms with E-state index < -0.39 is 6.09 Å². The molecule has 0 aromatic heterocycles. The first-order chi connectivity index (χ1) is 13.0. The first-order valence-electron chi connectivity index (χ1n) is 10.4. The predicted octanol–water partition coefficient (Wildman–Crippen LogP) is 3.58. The highest BCUT2D eigenvalue weighted by atomic mass is 16.5. The second-order valence-electron chi connectivity index (χ2n) is 8.34. The zero-order valence-electron chi connectivity index (χ0n) is 16.3. The van der Waals surface area contributed by atoms with Gasteiger partial charge >= 0.3 is 6.09 Å². The number of fused-ring (bicyclic) bond motifs is 2. The Morgan fingerprint density at radius 2 is 2.11 bits per heavy atom. The third-order valence-electron chi connectivity index (χ3n) is 6.53. The van der Waals surface area contributed by atoms with Gasteiger partial charge in [0.2, 0.25) is 0 Å². The molecule has 0 spiro atoms. The number of carbonyl (C=O) groups is 1. The summed E-state index contributed by atoms with van der Waals surface area (Å²) < 4.78 is 5.18. The first kappa shape index (κ1) is 20.2. The Morgan fingerprint density at radius 1 is 1.30 bits per heavy atom. The van der Waals surface area contributed by atoms with Crippen LogP contribution in [0.25, 0.3) is 0 Å². The maximum absolute atomic E-state index is 11.2. The monoisotopic (exact) mass is 375 g/mol. The van der Waals surface area contributed by atoms with Crippen LogP contribution in [0.4, 0.5) is 4.79 Å². The van der Waals surface area contributed by atoms with Crippen molar-refractivity contribution in [1.82, 2.24) is 0 Å². The number of benzene rings is 1. The van der Waals surface area contributed by atoms with E-state index in [1.165, 1.54) is 18.4 Å². The Balaban J connectivity index is 1.64. The summed E-state index contributed by atoms with van der Waals surface area (Å²) in [5.74, 6) is 1.62. The fourth-order valence-corrected chi connectivity index (χ4v) is 5.17. The molecule has 0 radical (unpaired) electrons. The smallest absolute Gasteiger partial charge is 0.409 e. The van der Waals surface area contributed by atoms with Crippen LogP contribution in [0.15, 0.2) is 18.2 Å². The van der Waals surface area contributed by atoms with Gasteiger partial charge in [0.15, 0.2) is 0 Å². The van der Waals surface area contributed by atoms with Crippen LogP contribution in [0.3, 0.4) is 0 Å². The number of amides is 1. The highest BCUT2D eigenvalue weighted by Gasteiger charge is 2.44. The molecule has 1 fully saturated rings. The molecule has 3 rings (SSSR count). The van der Waals surface area contributed by atoms with Gasteiger partial charge in [0, 0.05) is 0 Å². The van der Waals surface area contributed by atoms with E-state index in [4.69, 9.17) is 10.5 Å². The zero-order chi connectivity index (χ0) is 19.4. The molecule has 150 valence electrons. The summed E-state index contributed by atoms with van der Waals surface area (Å²) in [6.45, 7) is 2.17. The lowest BCUT2D eigenvalue weighted by Gasteiger charge is -2.32. The second-order valence-corrected chi connectivity index (χ2v) is 8.34. The SMILES string of the molecule is CCCCC[C@H](O)CC[C@@H]1[C@H]2Cc3cccc(OC(N)=O)c3C[C@H]2C[C@H]1O. The minimum Gasteiger partial charge on any atom is -0.410 e. The van der Waals surface area contributed by atoms with Crippen LogP contribution in [0.2, 0.25) is 0 Å². The van der Waals surface area contributed by atoms with Gasteiger partial charge in [-0.3, -0.25) is 0 Å². The topological polar surface area (TPSA) is 92.8 Å². The molecule has 0 unspecified atom stereocenters. The Morgan fingerprint density at radius 3 is 2.85 bits per heavy atom. The Bertz CT molecular complexity index is 647. The summed E-state index contributed by atoms with van der Waals surface area (Å²) in [6, 6.07) is 5.77. The van der Waals surface area contributed by atoms with E-state index in [9.17, 15) is 15.0 Å². The molecule has 1 aromatic rings. The normalized spacial score (nSPS) is 27.7. The van der Waals surface area contributed by atoms with Crippen molar-refractivity contribution in [2.75, 3.05) is 0 Å². The lowest BCUT2D eigenvalue weighted by Crippen LogP contribution is -2.28. The summed E-state index contributed by atoms with van der Waals surface area (Å²) in [5, 5.41) is 20.9. The molecule has 1 saturated carbocycles. The molecular formula is C22H33NO4. The Labute approximate surface area is 161 Å². The molecule has 1 aromatic carbocycles. The van der Waals surface area contributed by atoms with Gasteiger partial charge in [0.25, 0.3) is 0 Å². The van der Waals surface area contributed by atoms with Crippen molar-refractivity contribution in [3.8, 4) is 5.75 Å². The molecule has 2 aliphatic rings. The van der Waals surface area contributed by atoms with Gasteiger partial charge < -0.3 is 20.7 Å². The molecule has 0 bridgehead atoms. The molecule has 1 amide bonds. The van der Waals surface area contributed by atoms with E-state index in [1.54, 1.807) is 6.07 Å². The first-order valence-corrected chi connectivity index (χ1v) is 10.4. The van der Waals surface area contributed by atoms with Gasteiger partial charge in [-0.05, 0) is 73.5 Å². The molecular weight excluding hydrogens is 342 g/mol. The highest BCUT2D eigenvalue weighted by Crippen LogP contribution is 2.48. The van der Waals surface area contributed by atoms with Crippen molar-refractivity contribution in [3.05, 3.63) is 29.3 Å². The standard InChI is InChI=1S/C22H33NO4/c1-2-3-4-7-16(24)9-10-17-18-11-14-6-5-8-21(27-22(23)26)19(14)12-15(18)13-20(17)25/h5-6,8,15-18,20,24-25H,2-4,7,9-13H2,1H3,(H2,23,26)/t15-,16-,17+,18-,20+/m0/s1. The molecule has 5 atom stereocenters. The summed E-state index contributed by atoms with van der Waals surface area (Å²) in [7, 11) is 0. The van der Waals surface area contributed by atoms with Crippen molar-refractivity contribution in [3.63, 3.8) is 0 Å². The molecule has 2 aliphatic carbocycles. The summed E-state index contributed by atoms with van der Waals surface area (Å²) in [6.07, 6.45) is 7.06. The van der Waals surface area contributed by atoms with Gasteiger partial charge in [-0.15, -0.1) is 0 Å². The molecule has 5 heteroatoms. The van der Waals surface area contributed by atoms with E-state index in [1.807, 2.05) is 6.07 Å². The number of hydrogen-bond donors (Lipinski definition) is 3. The lowest BCUT2D eigenvalue weighted by atomic mass is 9.73. The van der Waals surface area contributed by atoms with Crippen LogP contribution in [-0.2, 0) is 12.8 Å². The quantitative estimate of drug-likeness (QED) is 0.606. The largest absolute Gasteiger partial charge is 0.410 e. The van der Waals surface area contributed by atoms with E-state index in [0.717, 1.165) is 50.5 Å². The van der Waals surface area contributed by atoms with Crippen molar-refractivity contribution in [2.24, 2.45) is 23.5 Å². The van der Waals surface area contributed by atoms with Crippen LogP contribution >= 0.6 is 0 Å². The van der Waals surface area contributed by atoms with Crippen LogP contribution in [0.5, 0.6) is 5.75 Å². The summed E-state index contributed by atoms with van der Waals surface area (Å²) >= 11 is 0. The number of ether oxygens (including phenoxy) is 1. The van der Waals surface area contributed by atoms with E-state index in [0.29, 0.717) is 17.6 Å². The van der Waals surface area contributed by atoms with Crippen molar-refractivity contribution in [1.29, 1.82) is 0 Å². The minimum absolute atomic E-state index is 0.240. The fraction of sp³-hybridized carbons (Fsp3) is 0.682. The number of carbonyl (C=O) groups excluding carboxylic acids is 1. The number of aliphatic hydroxyl groups excluding tert-OH is 2. The van der Waals surface area contributed by atoms with E-state index in [2.05, 4.69) is 13.0 Å². The Kier molecular flexibility index (Phi) is 6.77. The van der Waals surface area contributed by atoms with Gasteiger partial charge in [-0.25, -0.2) is 4.79 Å². The molecule has 0 heterocycles. The maximum atomic E-state index is 11.2. The molecule has 5 nitrogen and oxygen atoms in total. The van der Waals surface area contributed by atoms with E-state index in [-0.39, 0.29) is 18.1 Å². The van der Waals surface area contributed by atoms with Gasteiger partial charge in [0.1, 0.15) is 5.75 Å². The molecule has 27 heavy (non-hydrogen) atoms. The zero-order valence-corrected chi connectivity index (χ0v) is 16.3. The average Bonchev–Trinajstić information content (AvgIpc) is 2.92. The molecule has 0 saturated heterocycles. The number of primary amides is 1. The molecule has 0 aliphatic heterocycles. The van der Waals surface area contributed by atoms with Gasteiger partial charge in [-0.2, -0.15) is 0 Å². The Hall–Kier alpha value is -1.59. The number of hydrogen-bond acceptors (Lipinski definition) is 4. The third kappa shape index (κ3) is 4.82. The third-order valence-corrected chi connectivity index (χ3v) is 6.53. The van der Waals surface area contributed by atoms with Crippen LogP contribution in [-0.4, -0.2) is 28.5 Å². The predicted molar refractivity (Wildman–Crippen MR) is 105 cm³/mol. The number of nitrogens with two attached hydrogens (primary N) is 1. The van der Waals surface area contributed by atoms with Gasteiger partial charge in [-0.1, -0.05) is 38.3 Å².